The van der Waals surface area contributed by atoms with Crippen LogP contribution in [0.15, 0.2) is 42.9 Å². The van der Waals surface area contributed by atoms with E-state index >= 15 is 0 Å². The SMILES string of the molecule is COc1cc(Cl)c(-c2ccc(C)cc2)n2cncc12. The van der Waals surface area contributed by atoms with E-state index in [1.54, 1.807) is 19.6 Å². The summed E-state index contributed by atoms with van der Waals surface area (Å²) in [5, 5.41) is 0.645. The van der Waals surface area contributed by atoms with Gasteiger partial charge in [0.25, 0.3) is 0 Å². The molecule has 0 radical (unpaired) electrons. The summed E-state index contributed by atoms with van der Waals surface area (Å²) < 4.78 is 7.28. The molecule has 0 bridgehead atoms. The van der Waals surface area contributed by atoms with E-state index in [2.05, 4.69) is 36.2 Å². The lowest BCUT2D eigenvalue weighted by molar-refractivity contribution is 0.418. The summed E-state index contributed by atoms with van der Waals surface area (Å²) in [4.78, 5) is 4.18. The van der Waals surface area contributed by atoms with Crippen molar-refractivity contribution in [2.75, 3.05) is 7.11 Å². The van der Waals surface area contributed by atoms with Gasteiger partial charge in [-0.3, -0.25) is 4.40 Å². The van der Waals surface area contributed by atoms with Crippen LogP contribution in [0.3, 0.4) is 0 Å². The van der Waals surface area contributed by atoms with Crippen molar-refractivity contribution in [2.45, 2.75) is 6.92 Å². The van der Waals surface area contributed by atoms with E-state index in [0.29, 0.717) is 5.02 Å². The van der Waals surface area contributed by atoms with E-state index in [4.69, 9.17) is 16.3 Å². The molecule has 2 aromatic heterocycles. The van der Waals surface area contributed by atoms with Crippen LogP contribution in [0.1, 0.15) is 5.56 Å². The molecule has 0 aliphatic rings. The van der Waals surface area contributed by atoms with Gasteiger partial charge < -0.3 is 4.74 Å². The Morgan fingerprint density at radius 3 is 2.63 bits per heavy atom. The maximum absolute atomic E-state index is 6.39. The molecular formula is C15H13ClN2O. The second kappa shape index (κ2) is 4.59. The van der Waals surface area contributed by atoms with E-state index in [9.17, 15) is 0 Å². The number of hydrogen-bond acceptors (Lipinski definition) is 2. The summed E-state index contributed by atoms with van der Waals surface area (Å²) in [5.41, 5.74) is 4.11. The molecule has 0 aliphatic carbocycles. The number of aryl methyl sites for hydroxylation is 1. The summed E-state index contributed by atoms with van der Waals surface area (Å²) in [6.45, 7) is 2.06. The predicted molar refractivity (Wildman–Crippen MR) is 76.9 cm³/mol. The number of rotatable bonds is 2. The fourth-order valence-corrected chi connectivity index (χ4v) is 2.48. The van der Waals surface area contributed by atoms with Crippen molar-refractivity contribution in [3.63, 3.8) is 0 Å². The Bertz CT molecular complexity index is 732. The van der Waals surface area contributed by atoms with Gasteiger partial charge >= 0.3 is 0 Å². The molecule has 0 amide bonds. The molecule has 0 saturated carbocycles. The number of halogens is 1. The van der Waals surface area contributed by atoms with Crippen molar-refractivity contribution in [1.29, 1.82) is 0 Å². The minimum atomic E-state index is 0.645. The van der Waals surface area contributed by atoms with Gasteiger partial charge in [-0.15, -0.1) is 0 Å². The fourth-order valence-electron chi connectivity index (χ4n) is 2.18. The van der Waals surface area contributed by atoms with Gasteiger partial charge in [-0.2, -0.15) is 0 Å². The lowest BCUT2D eigenvalue weighted by atomic mass is 10.1. The van der Waals surface area contributed by atoms with E-state index in [0.717, 1.165) is 22.5 Å². The van der Waals surface area contributed by atoms with E-state index in [1.807, 2.05) is 10.5 Å². The normalized spacial score (nSPS) is 10.9. The van der Waals surface area contributed by atoms with Crippen LogP contribution in [0.5, 0.6) is 5.75 Å². The first-order chi connectivity index (χ1) is 9.20. The number of pyridine rings is 1. The standard InChI is InChI=1S/C15H13ClN2O/c1-10-3-5-11(6-4-10)15-12(16)7-14(19-2)13-8-17-9-18(13)15/h3-9H,1-2H3. The van der Waals surface area contributed by atoms with Gasteiger partial charge in [0.1, 0.15) is 11.3 Å². The van der Waals surface area contributed by atoms with E-state index in [-0.39, 0.29) is 0 Å². The van der Waals surface area contributed by atoms with Crippen molar-refractivity contribution >= 4 is 17.1 Å². The predicted octanol–water partition coefficient (Wildman–Crippen LogP) is 3.97. The van der Waals surface area contributed by atoms with Crippen molar-refractivity contribution in [3.05, 3.63) is 53.4 Å². The van der Waals surface area contributed by atoms with Gasteiger partial charge in [0.15, 0.2) is 0 Å². The van der Waals surface area contributed by atoms with Crippen LogP contribution in [0.4, 0.5) is 0 Å². The summed E-state index contributed by atoms with van der Waals surface area (Å²) in [5.74, 6) is 0.721. The smallest absolute Gasteiger partial charge is 0.146 e. The first-order valence-electron chi connectivity index (χ1n) is 5.96. The molecule has 0 fully saturated rings. The third-order valence-electron chi connectivity index (χ3n) is 3.16. The highest BCUT2D eigenvalue weighted by Gasteiger charge is 2.13. The molecule has 1 aromatic carbocycles. The Morgan fingerprint density at radius 2 is 1.95 bits per heavy atom. The molecule has 3 rings (SSSR count). The summed E-state index contributed by atoms with van der Waals surface area (Å²) in [7, 11) is 1.63. The van der Waals surface area contributed by atoms with Gasteiger partial charge in [-0.25, -0.2) is 4.98 Å². The molecule has 4 heteroatoms. The van der Waals surface area contributed by atoms with Crippen LogP contribution < -0.4 is 4.74 Å². The molecule has 3 aromatic rings. The monoisotopic (exact) mass is 272 g/mol. The van der Waals surface area contributed by atoms with Crippen molar-refractivity contribution in [1.82, 2.24) is 9.38 Å². The number of ether oxygens (including phenoxy) is 1. The number of fused-ring (bicyclic) bond motifs is 1. The van der Waals surface area contributed by atoms with Crippen molar-refractivity contribution in [3.8, 4) is 17.0 Å². The Labute approximate surface area is 116 Å². The Hall–Kier alpha value is -2.00. The Morgan fingerprint density at radius 1 is 1.21 bits per heavy atom. The summed E-state index contributed by atoms with van der Waals surface area (Å²) in [6, 6.07) is 10.1. The van der Waals surface area contributed by atoms with Gasteiger partial charge in [0.05, 0.1) is 30.4 Å². The number of methoxy groups -OCH3 is 1. The number of nitrogens with zero attached hydrogens (tertiary/aromatic N) is 2. The summed E-state index contributed by atoms with van der Waals surface area (Å²) in [6.07, 6.45) is 3.52. The zero-order valence-electron chi connectivity index (χ0n) is 10.7. The maximum atomic E-state index is 6.39. The average Bonchev–Trinajstić information content (AvgIpc) is 2.88. The molecule has 0 saturated heterocycles. The molecular weight excluding hydrogens is 260 g/mol. The molecule has 96 valence electrons. The second-order valence-electron chi connectivity index (χ2n) is 4.42. The number of aromatic nitrogens is 2. The Kier molecular flexibility index (Phi) is 2.91. The first-order valence-corrected chi connectivity index (χ1v) is 6.34. The van der Waals surface area contributed by atoms with Crippen LogP contribution in [0, 0.1) is 6.92 Å². The topological polar surface area (TPSA) is 26.5 Å². The largest absolute Gasteiger partial charge is 0.494 e. The van der Waals surface area contributed by atoms with Crippen LogP contribution in [0.25, 0.3) is 16.8 Å². The average molecular weight is 273 g/mol. The van der Waals surface area contributed by atoms with Crippen molar-refractivity contribution in [2.24, 2.45) is 0 Å². The highest BCUT2D eigenvalue weighted by atomic mass is 35.5. The highest BCUT2D eigenvalue weighted by Crippen LogP contribution is 2.34. The number of benzene rings is 1. The second-order valence-corrected chi connectivity index (χ2v) is 4.83. The zero-order chi connectivity index (χ0) is 13.4. The quantitative estimate of drug-likeness (QED) is 0.706. The lowest BCUT2D eigenvalue weighted by Gasteiger charge is -2.11. The lowest BCUT2D eigenvalue weighted by Crippen LogP contribution is -1.95. The minimum Gasteiger partial charge on any atom is -0.494 e. The van der Waals surface area contributed by atoms with Gasteiger partial charge in [-0.05, 0) is 6.92 Å². The molecule has 0 N–H and O–H groups in total. The van der Waals surface area contributed by atoms with Gasteiger partial charge in [-0.1, -0.05) is 41.4 Å². The molecule has 0 aliphatic heterocycles. The minimum absolute atomic E-state index is 0.645. The van der Waals surface area contributed by atoms with E-state index in [1.165, 1.54) is 5.56 Å². The number of imidazole rings is 1. The molecule has 0 atom stereocenters. The number of hydrogen-bond donors (Lipinski definition) is 0. The van der Waals surface area contributed by atoms with Crippen LogP contribution in [-0.4, -0.2) is 16.5 Å². The first kappa shape index (κ1) is 12.1. The molecule has 19 heavy (non-hydrogen) atoms. The highest BCUT2D eigenvalue weighted by molar-refractivity contribution is 6.33. The van der Waals surface area contributed by atoms with Crippen LogP contribution >= 0.6 is 11.6 Å². The van der Waals surface area contributed by atoms with Gasteiger partial charge in [0.2, 0.25) is 0 Å². The maximum Gasteiger partial charge on any atom is 0.146 e. The third kappa shape index (κ3) is 1.96. The fraction of sp³-hybridized carbons (Fsp3) is 0.133. The van der Waals surface area contributed by atoms with Gasteiger partial charge in [0, 0.05) is 11.6 Å². The zero-order valence-corrected chi connectivity index (χ0v) is 11.5. The molecule has 0 spiro atoms. The summed E-state index contributed by atoms with van der Waals surface area (Å²) >= 11 is 6.39. The molecule has 0 unspecified atom stereocenters. The Balaban J connectivity index is 2.32. The van der Waals surface area contributed by atoms with Crippen molar-refractivity contribution < 1.29 is 4.74 Å². The van der Waals surface area contributed by atoms with Crippen LogP contribution in [0.2, 0.25) is 5.02 Å². The third-order valence-corrected chi connectivity index (χ3v) is 3.45. The molecule has 3 nitrogen and oxygen atoms in total. The van der Waals surface area contributed by atoms with E-state index < -0.39 is 0 Å². The van der Waals surface area contributed by atoms with Crippen LogP contribution in [-0.2, 0) is 0 Å². The molecule has 2 heterocycles.